The standard InChI is InChI=1S/C18H16IN/c1-13(20-16-11-9-15(19)10-12-16)17-8-4-6-14-5-2-3-7-18(14)17/h2-13,20H,1H3. The van der Waals surface area contributed by atoms with Gasteiger partial charge in [-0.05, 0) is 70.1 Å². The van der Waals surface area contributed by atoms with Gasteiger partial charge in [0.15, 0.2) is 0 Å². The number of hydrogen-bond donors (Lipinski definition) is 1. The van der Waals surface area contributed by atoms with Crippen LogP contribution in [0.1, 0.15) is 18.5 Å². The first-order chi connectivity index (χ1) is 9.74. The van der Waals surface area contributed by atoms with Gasteiger partial charge in [0.25, 0.3) is 0 Å². The van der Waals surface area contributed by atoms with Crippen LogP contribution in [0.15, 0.2) is 66.7 Å². The molecule has 1 unspecified atom stereocenters. The zero-order valence-electron chi connectivity index (χ0n) is 11.3. The molecule has 0 saturated carbocycles. The van der Waals surface area contributed by atoms with Crippen molar-refractivity contribution < 1.29 is 0 Å². The summed E-state index contributed by atoms with van der Waals surface area (Å²) in [6.07, 6.45) is 0. The van der Waals surface area contributed by atoms with Crippen molar-refractivity contribution in [1.29, 1.82) is 0 Å². The quantitative estimate of drug-likeness (QED) is 0.588. The summed E-state index contributed by atoms with van der Waals surface area (Å²) in [6, 6.07) is 23.8. The molecule has 0 saturated heterocycles. The number of fused-ring (bicyclic) bond motifs is 1. The van der Waals surface area contributed by atoms with Crippen LogP contribution in [0, 0.1) is 3.57 Å². The van der Waals surface area contributed by atoms with Gasteiger partial charge in [-0.2, -0.15) is 0 Å². The predicted molar refractivity (Wildman–Crippen MR) is 95.1 cm³/mol. The Morgan fingerprint density at radius 3 is 2.35 bits per heavy atom. The number of benzene rings is 3. The molecule has 0 bridgehead atoms. The van der Waals surface area contributed by atoms with Gasteiger partial charge < -0.3 is 5.32 Å². The van der Waals surface area contributed by atoms with Gasteiger partial charge in [0.1, 0.15) is 0 Å². The van der Waals surface area contributed by atoms with Gasteiger partial charge in [0, 0.05) is 15.3 Å². The highest BCUT2D eigenvalue weighted by Crippen LogP contribution is 2.26. The van der Waals surface area contributed by atoms with Crippen LogP contribution >= 0.6 is 22.6 Å². The minimum atomic E-state index is 0.279. The van der Waals surface area contributed by atoms with Crippen molar-refractivity contribution in [2.45, 2.75) is 13.0 Å². The molecule has 3 rings (SSSR count). The number of halogens is 1. The number of anilines is 1. The third-order valence-corrected chi connectivity index (χ3v) is 4.24. The van der Waals surface area contributed by atoms with Gasteiger partial charge in [-0.15, -0.1) is 0 Å². The summed E-state index contributed by atoms with van der Waals surface area (Å²) in [7, 11) is 0. The van der Waals surface area contributed by atoms with Crippen LogP contribution in [-0.4, -0.2) is 0 Å². The lowest BCUT2D eigenvalue weighted by Gasteiger charge is -2.18. The molecular weight excluding hydrogens is 357 g/mol. The average Bonchev–Trinajstić information content (AvgIpc) is 2.49. The fraction of sp³-hybridized carbons (Fsp3) is 0.111. The molecule has 0 aliphatic rings. The normalized spacial score (nSPS) is 12.3. The van der Waals surface area contributed by atoms with Crippen molar-refractivity contribution in [2.75, 3.05) is 5.32 Å². The minimum Gasteiger partial charge on any atom is -0.378 e. The molecule has 2 heteroatoms. The third kappa shape index (κ3) is 2.80. The highest BCUT2D eigenvalue weighted by molar-refractivity contribution is 14.1. The van der Waals surface area contributed by atoms with Crippen molar-refractivity contribution in [3.8, 4) is 0 Å². The maximum absolute atomic E-state index is 3.57. The fourth-order valence-corrected chi connectivity index (χ4v) is 2.86. The Hall–Kier alpha value is -1.55. The topological polar surface area (TPSA) is 12.0 Å². The molecule has 1 atom stereocenters. The van der Waals surface area contributed by atoms with E-state index in [0.717, 1.165) is 5.69 Å². The van der Waals surface area contributed by atoms with Crippen LogP contribution in [0.4, 0.5) is 5.69 Å². The monoisotopic (exact) mass is 373 g/mol. The lowest BCUT2D eigenvalue weighted by Crippen LogP contribution is -2.07. The Morgan fingerprint density at radius 1 is 0.850 bits per heavy atom. The summed E-state index contributed by atoms with van der Waals surface area (Å²) < 4.78 is 1.26. The number of hydrogen-bond acceptors (Lipinski definition) is 1. The van der Waals surface area contributed by atoms with Gasteiger partial charge >= 0.3 is 0 Å². The molecule has 100 valence electrons. The SMILES string of the molecule is CC(Nc1ccc(I)cc1)c1cccc2ccccc12. The molecule has 0 aliphatic heterocycles. The molecule has 0 amide bonds. The average molecular weight is 373 g/mol. The van der Waals surface area contributed by atoms with Crippen molar-refractivity contribution in [1.82, 2.24) is 0 Å². The van der Waals surface area contributed by atoms with E-state index in [9.17, 15) is 0 Å². The third-order valence-electron chi connectivity index (χ3n) is 3.52. The second kappa shape index (κ2) is 5.83. The lowest BCUT2D eigenvalue weighted by molar-refractivity contribution is 0.894. The van der Waals surface area contributed by atoms with E-state index in [0.29, 0.717) is 0 Å². The zero-order valence-corrected chi connectivity index (χ0v) is 13.5. The van der Waals surface area contributed by atoms with Crippen molar-refractivity contribution in [3.05, 3.63) is 75.9 Å². The number of nitrogens with one attached hydrogen (secondary N) is 1. The van der Waals surface area contributed by atoms with Crippen LogP contribution in [0.3, 0.4) is 0 Å². The van der Waals surface area contributed by atoms with Crippen LogP contribution < -0.4 is 5.32 Å². The van der Waals surface area contributed by atoms with Gasteiger partial charge in [0.05, 0.1) is 0 Å². The Balaban J connectivity index is 1.92. The molecule has 0 heterocycles. The van der Waals surface area contributed by atoms with Crippen LogP contribution in [0.25, 0.3) is 10.8 Å². The van der Waals surface area contributed by atoms with Crippen LogP contribution in [0.5, 0.6) is 0 Å². The summed E-state index contributed by atoms with van der Waals surface area (Å²) in [5.41, 5.74) is 2.49. The maximum atomic E-state index is 3.57. The summed E-state index contributed by atoms with van der Waals surface area (Å²) in [6.45, 7) is 2.21. The Labute approximate surface area is 133 Å². The molecule has 1 nitrogen and oxygen atoms in total. The van der Waals surface area contributed by atoms with Crippen LogP contribution in [-0.2, 0) is 0 Å². The highest BCUT2D eigenvalue weighted by atomic mass is 127. The van der Waals surface area contributed by atoms with E-state index in [-0.39, 0.29) is 6.04 Å². The molecule has 0 fully saturated rings. The largest absolute Gasteiger partial charge is 0.378 e. The van der Waals surface area contributed by atoms with Crippen molar-refractivity contribution in [2.24, 2.45) is 0 Å². The molecule has 0 aliphatic carbocycles. The first-order valence-corrected chi connectivity index (χ1v) is 7.82. The smallest absolute Gasteiger partial charge is 0.0491 e. The fourth-order valence-electron chi connectivity index (χ4n) is 2.50. The van der Waals surface area contributed by atoms with Gasteiger partial charge in [-0.1, -0.05) is 42.5 Å². The van der Waals surface area contributed by atoms with E-state index < -0.39 is 0 Å². The first kappa shape index (κ1) is 13.4. The molecular formula is C18H16IN. The van der Waals surface area contributed by atoms with Crippen molar-refractivity contribution in [3.63, 3.8) is 0 Å². The van der Waals surface area contributed by atoms with Crippen molar-refractivity contribution >= 4 is 39.1 Å². The first-order valence-electron chi connectivity index (χ1n) is 6.74. The Morgan fingerprint density at radius 2 is 1.55 bits per heavy atom. The van der Waals surface area contributed by atoms with E-state index in [1.54, 1.807) is 0 Å². The second-order valence-corrected chi connectivity index (χ2v) is 6.19. The van der Waals surface area contributed by atoms with Gasteiger partial charge in [0.2, 0.25) is 0 Å². The molecule has 1 N–H and O–H groups in total. The maximum Gasteiger partial charge on any atom is 0.0491 e. The molecule has 20 heavy (non-hydrogen) atoms. The predicted octanol–water partition coefficient (Wildman–Crippen LogP) is 5.62. The Bertz CT molecular complexity index is 714. The summed E-state index contributed by atoms with van der Waals surface area (Å²) >= 11 is 2.33. The van der Waals surface area contributed by atoms with E-state index in [1.165, 1.54) is 19.9 Å². The zero-order chi connectivity index (χ0) is 13.9. The van der Waals surface area contributed by atoms with E-state index in [4.69, 9.17) is 0 Å². The number of rotatable bonds is 3. The highest BCUT2D eigenvalue weighted by Gasteiger charge is 2.08. The summed E-state index contributed by atoms with van der Waals surface area (Å²) in [5.74, 6) is 0. The molecule has 3 aromatic carbocycles. The van der Waals surface area contributed by atoms with E-state index in [1.807, 2.05) is 0 Å². The van der Waals surface area contributed by atoms with Gasteiger partial charge in [-0.3, -0.25) is 0 Å². The molecule has 3 aromatic rings. The molecule has 0 radical (unpaired) electrons. The summed E-state index contributed by atoms with van der Waals surface area (Å²) in [4.78, 5) is 0. The molecule has 0 aromatic heterocycles. The summed E-state index contributed by atoms with van der Waals surface area (Å²) in [5, 5.41) is 6.19. The van der Waals surface area contributed by atoms with E-state index >= 15 is 0 Å². The Kier molecular flexibility index (Phi) is 3.92. The minimum absolute atomic E-state index is 0.279. The molecule has 0 spiro atoms. The van der Waals surface area contributed by atoms with E-state index in [2.05, 4.69) is 102 Å². The van der Waals surface area contributed by atoms with Crippen LogP contribution in [0.2, 0.25) is 0 Å². The lowest BCUT2D eigenvalue weighted by atomic mass is 9.99. The van der Waals surface area contributed by atoms with Gasteiger partial charge in [-0.25, -0.2) is 0 Å². The second-order valence-electron chi connectivity index (χ2n) is 4.94.